The Balaban J connectivity index is 1.50. The topological polar surface area (TPSA) is 6.25 Å². The van der Waals surface area contributed by atoms with E-state index in [0.717, 1.165) is 18.1 Å². The van der Waals surface area contributed by atoms with Crippen LogP contribution >= 0.6 is 11.8 Å². The zero-order chi connectivity index (χ0) is 24.0. The fourth-order valence-electron chi connectivity index (χ4n) is 4.50. The van der Waals surface area contributed by atoms with E-state index in [2.05, 4.69) is 141 Å². The monoisotopic (exact) mass is 467 g/mol. The summed E-state index contributed by atoms with van der Waals surface area (Å²) in [7, 11) is 4.14. The second-order valence-electron chi connectivity index (χ2n) is 9.42. The van der Waals surface area contributed by atoms with Gasteiger partial charge in [-0.25, -0.2) is 0 Å². The van der Waals surface area contributed by atoms with Crippen molar-refractivity contribution < 1.29 is 4.58 Å². The number of para-hydroxylation sites is 1. The summed E-state index contributed by atoms with van der Waals surface area (Å²) in [5.41, 5.74) is 7.92. The minimum Gasteiger partial charge on any atom is -0.378 e. The van der Waals surface area contributed by atoms with Crippen LogP contribution in [0.15, 0.2) is 97.1 Å². The lowest BCUT2D eigenvalue weighted by Crippen LogP contribution is -2.28. The quantitative estimate of drug-likeness (QED) is 0.185. The average Bonchev–Trinajstić information content (AvgIpc) is 3.06. The maximum atomic E-state index is 2.52. The molecule has 0 spiro atoms. The predicted molar refractivity (Wildman–Crippen MR) is 151 cm³/mol. The molecule has 0 aromatic heterocycles. The number of rotatable bonds is 9. The zero-order valence-corrected chi connectivity index (χ0v) is 21.6. The SMILES string of the molecule is CN(C)c1ccc(C=CC=CC2=[N+](CCSCc3ccccc3)c3ccccc3C2(C)C)cc1. The van der Waals surface area contributed by atoms with Crippen molar-refractivity contribution in [3.8, 4) is 0 Å². The van der Waals surface area contributed by atoms with Gasteiger partial charge in [0.15, 0.2) is 12.3 Å². The molecule has 0 fully saturated rings. The van der Waals surface area contributed by atoms with Crippen LogP contribution < -0.4 is 4.90 Å². The van der Waals surface area contributed by atoms with Gasteiger partial charge in [0.25, 0.3) is 0 Å². The van der Waals surface area contributed by atoms with E-state index in [1.54, 1.807) is 0 Å². The summed E-state index contributed by atoms with van der Waals surface area (Å²) in [6.45, 7) is 5.69. The van der Waals surface area contributed by atoms with E-state index < -0.39 is 0 Å². The van der Waals surface area contributed by atoms with Crippen LogP contribution in [0.25, 0.3) is 6.08 Å². The smallest absolute Gasteiger partial charge is 0.209 e. The molecule has 0 radical (unpaired) electrons. The van der Waals surface area contributed by atoms with E-state index in [1.165, 1.54) is 33.8 Å². The molecular formula is C31H35N2S+. The first-order chi connectivity index (χ1) is 16.5. The number of nitrogens with zero attached hydrogens (tertiary/aromatic N) is 2. The van der Waals surface area contributed by atoms with Crippen molar-refractivity contribution in [1.82, 2.24) is 0 Å². The Morgan fingerprint density at radius 1 is 0.824 bits per heavy atom. The van der Waals surface area contributed by atoms with Crippen molar-refractivity contribution in [2.24, 2.45) is 0 Å². The number of allylic oxidation sites excluding steroid dienone is 3. The highest BCUT2D eigenvalue weighted by atomic mass is 32.2. The molecule has 174 valence electrons. The summed E-state index contributed by atoms with van der Waals surface area (Å²) in [6.07, 6.45) is 8.81. The Labute approximate surface area is 209 Å². The van der Waals surface area contributed by atoms with Gasteiger partial charge >= 0.3 is 0 Å². The first-order valence-corrected chi connectivity index (χ1v) is 13.1. The molecule has 4 rings (SSSR count). The van der Waals surface area contributed by atoms with Gasteiger partial charge in [-0.3, -0.25) is 0 Å². The first kappa shape index (κ1) is 24.1. The summed E-state index contributed by atoms with van der Waals surface area (Å²) < 4.78 is 2.52. The largest absolute Gasteiger partial charge is 0.378 e. The fraction of sp³-hybridized carbons (Fsp3) is 0.258. The number of fused-ring (bicyclic) bond motifs is 1. The Hall–Kier alpha value is -3.04. The molecule has 3 aromatic rings. The standard InChI is InChI=1S/C31H35N2S/c1-31(2)28-15-9-10-16-29(28)33(22-23-34-24-26-13-6-5-7-14-26)30(31)17-11-8-12-25-18-20-27(21-19-25)32(3)4/h5-21H,22-24H2,1-4H3/q+1. The summed E-state index contributed by atoms with van der Waals surface area (Å²) in [6, 6.07) is 28.2. The summed E-state index contributed by atoms with van der Waals surface area (Å²) >= 11 is 2.00. The lowest BCUT2D eigenvalue weighted by Gasteiger charge is -2.15. The lowest BCUT2D eigenvalue weighted by molar-refractivity contribution is -0.431. The Morgan fingerprint density at radius 2 is 1.50 bits per heavy atom. The van der Waals surface area contributed by atoms with Crippen LogP contribution in [0, 0.1) is 0 Å². The third-order valence-corrected chi connectivity index (χ3v) is 7.44. The van der Waals surface area contributed by atoms with E-state index in [0.29, 0.717) is 0 Å². The predicted octanol–water partition coefficient (Wildman–Crippen LogP) is 7.33. The number of anilines is 1. The highest BCUT2D eigenvalue weighted by Gasteiger charge is 2.43. The second kappa shape index (κ2) is 10.9. The van der Waals surface area contributed by atoms with Crippen molar-refractivity contribution in [2.45, 2.75) is 25.0 Å². The van der Waals surface area contributed by atoms with Gasteiger partial charge in [0.1, 0.15) is 0 Å². The highest BCUT2D eigenvalue weighted by molar-refractivity contribution is 7.98. The Morgan fingerprint density at radius 3 is 2.24 bits per heavy atom. The van der Waals surface area contributed by atoms with Gasteiger partial charge in [-0.1, -0.05) is 78.9 Å². The minimum atomic E-state index is -0.0155. The van der Waals surface area contributed by atoms with E-state index in [4.69, 9.17) is 0 Å². The third kappa shape index (κ3) is 5.53. The Bertz CT molecular complexity index is 1190. The van der Waals surface area contributed by atoms with E-state index in [-0.39, 0.29) is 5.41 Å². The average molecular weight is 468 g/mol. The maximum Gasteiger partial charge on any atom is 0.209 e. The van der Waals surface area contributed by atoms with Crippen LogP contribution in [0.4, 0.5) is 11.4 Å². The summed E-state index contributed by atoms with van der Waals surface area (Å²) in [5, 5.41) is 0. The van der Waals surface area contributed by atoms with Crippen LogP contribution in [-0.2, 0) is 11.2 Å². The zero-order valence-electron chi connectivity index (χ0n) is 20.7. The highest BCUT2D eigenvalue weighted by Crippen LogP contribution is 2.39. The molecule has 1 heterocycles. The number of hydrogen-bond donors (Lipinski definition) is 0. The third-order valence-electron chi connectivity index (χ3n) is 6.43. The fourth-order valence-corrected chi connectivity index (χ4v) is 5.38. The molecule has 0 aliphatic carbocycles. The van der Waals surface area contributed by atoms with Crippen molar-refractivity contribution in [3.05, 3.63) is 114 Å². The molecule has 2 nitrogen and oxygen atoms in total. The van der Waals surface area contributed by atoms with E-state index in [1.807, 2.05) is 11.8 Å². The lowest BCUT2D eigenvalue weighted by atomic mass is 9.81. The maximum absolute atomic E-state index is 2.52. The normalized spacial score (nSPS) is 14.8. The van der Waals surface area contributed by atoms with Gasteiger partial charge in [-0.15, -0.1) is 0 Å². The molecule has 1 aliphatic rings. The van der Waals surface area contributed by atoms with Crippen LogP contribution in [-0.4, -0.2) is 36.7 Å². The summed E-state index contributed by atoms with van der Waals surface area (Å²) in [4.78, 5) is 2.12. The van der Waals surface area contributed by atoms with Gasteiger partial charge in [0, 0.05) is 43.2 Å². The molecule has 0 bridgehead atoms. The molecule has 0 unspecified atom stereocenters. The van der Waals surface area contributed by atoms with Crippen LogP contribution in [0.1, 0.15) is 30.5 Å². The molecular weight excluding hydrogens is 432 g/mol. The number of benzene rings is 3. The van der Waals surface area contributed by atoms with Gasteiger partial charge in [-0.2, -0.15) is 16.3 Å². The second-order valence-corrected chi connectivity index (χ2v) is 10.5. The minimum absolute atomic E-state index is 0.0155. The van der Waals surface area contributed by atoms with Gasteiger partial charge in [0.05, 0.1) is 11.2 Å². The molecule has 0 saturated carbocycles. The van der Waals surface area contributed by atoms with Gasteiger partial charge < -0.3 is 4.90 Å². The van der Waals surface area contributed by atoms with Crippen molar-refractivity contribution >= 4 is 34.9 Å². The molecule has 34 heavy (non-hydrogen) atoms. The van der Waals surface area contributed by atoms with Crippen LogP contribution in [0.3, 0.4) is 0 Å². The van der Waals surface area contributed by atoms with Gasteiger partial charge in [0.2, 0.25) is 5.69 Å². The summed E-state index contributed by atoms with van der Waals surface area (Å²) in [5.74, 6) is 2.14. The molecule has 1 aliphatic heterocycles. The van der Waals surface area contributed by atoms with Crippen molar-refractivity contribution in [1.29, 1.82) is 0 Å². The van der Waals surface area contributed by atoms with Crippen LogP contribution in [0.2, 0.25) is 0 Å². The first-order valence-electron chi connectivity index (χ1n) is 11.9. The van der Waals surface area contributed by atoms with Crippen LogP contribution in [0.5, 0.6) is 0 Å². The molecule has 0 saturated heterocycles. The molecule has 3 heteroatoms. The molecule has 0 N–H and O–H groups in total. The van der Waals surface area contributed by atoms with E-state index in [9.17, 15) is 0 Å². The molecule has 0 atom stereocenters. The Kier molecular flexibility index (Phi) is 7.74. The van der Waals surface area contributed by atoms with Crippen molar-refractivity contribution in [3.63, 3.8) is 0 Å². The van der Waals surface area contributed by atoms with Gasteiger partial charge in [-0.05, 0) is 37.1 Å². The molecule has 0 amide bonds. The number of thioether (sulfide) groups is 1. The van der Waals surface area contributed by atoms with E-state index >= 15 is 0 Å². The van der Waals surface area contributed by atoms with Crippen molar-refractivity contribution in [2.75, 3.05) is 31.3 Å². The number of hydrogen-bond acceptors (Lipinski definition) is 2. The molecule has 3 aromatic carbocycles.